The number of hydrogen-bond donors (Lipinski definition) is 0. The van der Waals surface area contributed by atoms with E-state index in [4.69, 9.17) is 0 Å². The Kier molecular flexibility index (Phi) is 3.18. The molecule has 0 aromatic carbocycles. The predicted octanol–water partition coefficient (Wildman–Crippen LogP) is 2.52. The summed E-state index contributed by atoms with van der Waals surface area (Å²) < 4.78 is 0. The first kappa shape index (κ1) is 7.09. The number of allylic oxidation sites excluding steroid dienone is 1. The Bertz CT molecular complexity index is 64.6. The van der Waals surface area contributed by atoms with Crippen LogP contribution in [0.1, 0.15) is 13.8 Å². The number of thioether (sulfide) groups is 1. The lowest BCUT2D eigenvalue weighted by Crippen LogP contribution is -1.84. The van der Waals surface area contributed by atoms with E-state index in [0.717, 1.165) is 0 Å². The first-order chi connectivity index (χ1) is 3.18. The summed E-state index contributed by atoms with van der Waals surface area (Å²) in [4.78, 5) is 1.26. The summed E-state index contributed by atoms with van der Waals surface area (Å²) in [5, 5.41) is 0. The largest absolute Gasteiger partial charge is 0.134 e. The Labute approximate surface area is 50.0 Å². The van der Waals surface area contributed by atoms with Gasteiger partial charge in [0.15, 0.2) is 0 Å². The van der Waals surface area contributed by atoms with Crippen molar-refractivity contribution in [3.8, 4) is 0 Å². The lowest BCUT2D eigenvalue weighted by molar-refractivity contribution is 0.820. The number of rotatable bonds is 2. The summed E-state index contributed by atoms with van der Waals surface area (Å²) in [6.45, 7) is 8.14. The lowest BCUT2D eigenvalue weighted by Gasteiger charge is -2.02. The van der Waals surface area contributed by atoms with Crippen molar-refractivity contribution in [3.05, 3.63) is 11.5 Å². The van der Waals surface area contributed by atoms with Gasteiger partial charge in [0.05, 0.1) is 0 Å². The molecule has 0 bridgehead atoms. The van der Waals surface area contributed by atoms with Crippen molar-refractivity contribution in [3.63, 3.8) is 0 Å². The van der Waals surface area contributed by atoms with Crippen LogP contribution in [0.25, 0.3) is 0 Å². The van der Waals surface area contributed by atoms with Crippen LogP contribution < -0.4 is 0 Å². The van der Waals surface area contributed by atoms with Crippen molar-refractivity contribution >= 4 is 11.8 Å². The van der Waals surface area contributed by atoms with Gasteiger partial charge in [0, 0.05) is 0 Å². The van der Waals surface area contributed by atoms with Gasteiger partial charge in [-0.2, -0.15) is 0 Å². The lowest BCUT2D eigenvalue weighted by atomic mass is 10.2. The second-order valence-electron chi connectivity index (χ2n) is 1.83. The zero-order valence-electron chi connectivity index (χ0n) is 5.19. The highest BCUT2D eigenvalue weighted by atomic mass is 32.2. The molecular formula is C6H12S. The summed E-state index contributed by atoms with van der Waals surface area (Å²) in [6.07, 6.45) is 2.06. The average Bonchev–Trinajstić information content (AvgIpc) is 1.65. The summed E-state index contributed by atoms with van der Waals surface area (Å²) in [7, 11) is 0. The van der Waals surface area contributed by atoms with Crippen LogP contribution in [0, 0.1) is 5.92 Å². The SMILES string of the molecule is C=C(SC)C(C)C. The van der Waals surface area contributed by atoms with E-state index in [1.165, 1.54) is 4.91 Å². The van der Waals surface area contributed by atoms with Crippen LogP contribution in [0.5, 0.6) is 0 Å². The Morgan fingerprint density at radius 3 is 2.00 bits per heavy atom. The third kappa shape index (κ3) is 2.75. The standard InChI is InChI=1S/C6H12S/c1-5(2)6(3)7-4/h5H,3H2,1-2,4H3. The first-order valence-corrected chi connectivity index (χ1v) is 3.63. The highest BCUT2D eigenvalue weighted by Crippen LogP contribution is 2.17. The van der Waals surface area contributed by atoms with Crippen molar-refractivity contribution in [2.45, 2.75) is 13.8 Å². The maximum absolute atomic E-state index is 3.84. The molecule has 0 amide bonds. The van der Waals surface area contributed by atoms with Crippen molar-refractivity contribution in [1.82, 2.24) is 0 Å². The quantitative estimate of drug-likeness (QED) is 0.534. The molecule has 0 unspecified atom stereocenters. The van der Waals surface area contributed by atoms with Gasteiger partial charge in [-0.05, 0) is 17.1 Å². The van der Waals surface area contributed by atoms with Crippen molar-refractivity contribution in [1.29, 1.82) is 0 Å². The summed E-state index contributed by atoms with van der Waals surface area (Å²) >= 11 is 1.74. The van der Waals surface area contributed by atoms with Gasteiger partial charge in [-0.3, -0.25) is 0 Å². The van der Waals surface area contributed by atoms with E-state index in [9.17, 15) is 0 Å². The number of hydrogen-bond acceptors (Lipinski definition) is 1. The van der Waals surface area contributed by atoms with E-state index in [1.807, 2.05) is 0 Å². The molecule has 0 aromatic heterocycles. The Hall–Kier alpha value is 0.0900. The van der Waals surface area contributed by atoms with Gasteiger partial charge in [0.2, 0.25) is 0 Å². The fourth-order valence-electron chi connectivity index (χ4n) is 0.236. The summed E-state index contributed by atoms with van der Waals surface area (Å²) in [5.41, 5.74) is 0. The fraction of sp³-hybridized carbons (Fsp3) is 0.667. The fourth-order valence-corrected chi connectivity index (χ4v) is 0.707. The molecular weight excluding hydrogens is 104 g/mol. The predicted molar refractivity (Wildman–Crippen MR) is 37.5 cm³/mol. The molecule has 0 N–H and O–H groups in total. The van der Waals surface area contributed by atoms with Gasteiger partial charge >= 0.3 is 0 Å². The molecule has 0 saturated carbocycles. The molecule has 0 fully saturated rings. The molecule has 42 valence electrons. The topological polar surface area (TPSA) is 0 Å². The molecule has 0 aliphatic carbocycles. The maximum atomic E-state index is 3.84. The van der Waals surface area contributed by atoms with E-state index < -0.39 is 0 Å². The molecule has 0 aromatic rings. The summed E-state index contributed by atoms with van der Waals surface area (Å²) in [6, 6.07) is 0. The van der Waals surface area contributed by atoms with E-state index in [-0.39, 0.29) is 0 Å². The molecule has 0 nitrogen and oxygen atoms in total. The highest BCUT2D eigenvalue weighted by Gasteiger charge is 1.93. The second kappa shape index (κ2) is 3.14. The minimum Gasteiger partial charge on any atom is -0.134 e. The highest BCUT2D eigenvalue weighted by molar-refractivity contribution is 8.02. The molecule has 0 aliphatic heterocycles. The van der Waals surface area contributed by atoms with Crippen LogP contribution >= 0.6 is 11.8 Å². The Morgan fingerprint density at radius 2 is 2.00 bits per heavy atom. The molecule has 0 radical (unpaired) electrons. The third-order valence-corrected chi connectivity index (χ3v) is 1.90. The second-order valence-corrected chi connectivity index (χ2v) is 2.76. The van der Waals surface area contributed by atoms with Crippen LogP contribution in [0.4, 0.5) is 0 Å². The molecule has 0 heterocycles. The van der Waals surface area contributed by atoms with Gasteiger partial charge in [0.25, 0.3) is 0 Å². The minimum absolute atomic E-state index is 0.634. The van der Waals surface area contributed by atoms with Gasteiger partial charge < -0.3 is 0 Å². The van der Waals surface area contributed by atoms with Crippen LogP contribution in [0.3, 0.4) is 0 Å². The van der Waals surface area contributed by atoms with E-state index in [2.05, 4.69) is 26.7 Å². The van der Waals surface area contributed by atoms with Gasteiger partial charge in [-0.1, -0.05) is 20.4 Å². The monoisotopic (exact) mass is 116 g/mol. The smallest absolute Gasteiger partial charge is 0.0140 e. The molecule has 0 saturated heterocycles. The maximum Gasteiger partial charge on any atom is -0.0140 e. The first-order valence-electron chi connectivity index (χ1n) is 2.41. The normalized spacial score (nSPS) is 9.71. The zero-order valence-corrected chi connectivity index (χ0v) is 6.01. The molecule has 0 aliphatic rings. The molecule has 0 atom stereocenters. The Balaban J connectivity index is 3.35. The van der Waals surface area contributed by atoms with Gasteiger partial charge in [-0.25, -0.2) is 0 Å². The third-order valence-electron chi connectivity index (χ3n) is 0.906. The molecule has 1 heteroatoms. The summed E-state index contributed by atoms with van der Waals surface area (Å²) in [5.74, 6) is 0.634. The van der Waals surface area contributed by atoms with E-state index >= 15 is 0 Å². The van der Waals surface area contributed by atoms with Crippen molar-refractivity contribution in [2.24, 2.45) is 5.92 Å². The van der Waals surface area contributed by atoms with Gasteiger partial charge in [0.1, 0.15) is 0 Å². The van der Waals surface area contributed by atoms with Crippen LogP contribution in [0.2, 0.25) is 0 Å². The van der Waals surface area contributed by atoms with Crippen LogP contribution in [-0.2, 0) is 0 Å². The van der Waals surface area contributed by atoms with Crippen molar-refractivity contribution in [2.75, 3.05) is 6.26 Å². The van der Waals surface area contributed by atoms with Crippen molar-refractivity contribution < 1.29 is 0 Å². The van der Waals surface area contributed by atoms with E-state index in [1.54, 1.807) is 11.8 Å². The minimum atomic E-state index is 0.634. The van der Waals surface area contributed by atoms with Gasteiger partial charge in [-0.15, -0.1) is 11.8 Å². The van der Waals surface area contributed by atoms with E-state index in [0.29, 0.717) is 5.92 Å². The molecule has 0 rings (SSSR count). The zero-order chi connectivity index (χ0) is 5.86. The average molecular weight is 116 g/mol. The van der Waals surface area contributed by atoms with Crippen LogP contribution in [0.15, 0.2) is 11.5 Å². The van der Waals surface area contributed by atoms with Crippen LogP contribution in [-0.4, -0.2) is 6.26 Å². The Morgan fingerprint density at radius 1 is 1.57 bits per heavy atom. The molecule has 7 heavy (non-hydrogen) atoms. The molecule has 0 spiro atoms.